The van der Waals surface area contributed by atoms with Crippen molar-refractivity contribution in [3.05, 3.63) is 36.0 Å². The number of para-hydroxylation sites is 1. The largest absolute Gasteiger partial charge is 0.449 e. The third-order valence-corrected chi connectivity index (χ3v) is 4.67. The van der Waals surface area contributed by atoms with Gasteiger partial charge in [0.15, 0.2) is 6.10 Å². The summed E-state index contributed by atoms with van der Waals surface area (Å²) in [4.78, 5) is 26.9. The van der Waals surface area contributed by atoms with Crippen LogP contribution in [0.4, 0.5) is 0 Å². The number of rotatable bonds is 3. The average Bonchev–Trinajstić information content (AvgIpc) is 2.77. The minimum atomic E-state index is -0.755. The van der Waals surface area contributed by atoms with E-state index < -0.39 is 12.1 Å². The van der Waals surface area contributed by atoms with Gasteiger partial charge in [0.1, 0.15) is 0 Å². The van der Waals surface area contributed by atoms with Gasteiger partial charge in [0.2, 0.25) is 0 Å². The van der Waals surface area contributed by atoms with Crippen LogP contribution >= 0.6 is 0 Å². The first-order valence-corrected chi connectivity index (χ1v) is 8.62. The predicted octanol–water partition coefficient (Wildman–Crippen LogP) is 3.13. The average molecular weight is 328 g/mol. The van der Waals surface area contributed by atoms with Crippen molar-refractivity contribution in [2.24, 2.45) is 7.05 Å². The summed E-state index contributed by atoms with van der Waals surface area (Å²) < 4.78 is 7.37. The van der Waals surface area contributed by atoms with Gasteiger partial charge < -0.3 is 14.2 Å². The van der Waals surface area contributed by atoms with E-state index in [1.807, 2.05) is 40.8 Å². The lowest BCUT2D eigenvalue weighted by molar-refractivity contribution is -0.139. The summed E-state index contributed by atoms with van der Waals surface area (Å²) in [6, 6.07) is 7.68. The number of esters is 1. The number of fused-ring (bicyclic) bond motifs is 1. The van der Waals surface area contributed by atoms with Crippen molar-refractivity contribution in [2.75, 3.05) is 13.1 Å². The van der Waals surface area contributed by atoms with Gasteiger partial charge in [0.05, 0.1) is 5.56 Å². The molecule has 128 valence electrons. The second-order valence-electron chi connectivity index (χ2n) is 6.46. The zero-order valence-electron chi connectivity index (χ0n) is 14.3. The molecule has 1 aromatic carbocycles. The van der Waals surface area contributed by atoms with Gasteiger partial charge in [-0.25, -0.2) is 4.79 Å². The zero-order valence-corrected chi connectivity index (χ0v) is 14.3. The van der Waals surface area contributed by atoms with Gasteiger partial charge in [0.25, 0.3) is 5.91 Å². The first-order chi connectivity index (χ1) is 11.6. The van der Waals surface area contributed by atoms with Crippen LogP contribution in [0.15, 0.2) is 30.5 Å². The first-order valence-electron chi connectivity index (χ1n) is 8.62. The highest BCUT2D eigenvalue weighted by Gasteiger charge is 2.26. The fourth-order valence-electron chi connectivity index (χ4n) is 3.33. The van der Waals surface area contributed by atoms with Crippen LogP contribution < -0.4 is 0 Å². The molecule has 1 saturated heterocycles. The molecule has 1 aliphatic rings. The Balaban J connectivity index is 1.72. The van der Waals surface area contributed by atoms with Gasteiger partial charge >= 0.3 is 5.97 Å². The minimum absolute atomic E-state index is 0.0921. The quantitative estimate of drug-likeness (QED) is 0.814. The van der Waals surface area contributed by atoms with Gasteiger partial charge in [-0.3, -0.25) is 4.79 Å². The Morgan fingerprint density at radius 2 is 1.75 bits per heavy atom. The van der Waals surface area contributed by atoms with Gasteiger partial charge in [0, 0.05) is 37.2 Å². The van der Waals surface area contributed by atoms with Crippen LogP contribution in [0.25, 0.3) is 10.9 Å². The molecule has 24 heavy (non-hydrogen) atoms. The Hall–Kier alpha value is -2.30. The molecule has 0 radical (unpaired) electrons. The second-order valence-corrected chi connectivity index (χ2v) is 6.46. The summed E-state index contributed by atoms with van der Waals surface area (Å²) in [5.74, 6) is -0.534. The lowest BCUT2D eigenvalue weighted by Crippen LogP contribution is -2.40. The van der Waals surface area contributed by atoms with Gasteiger partial charge in [-0.2, -0.15) is 0 Å². The molecule has 3 rings (SSSR count). The molecule has 1 aliphatic heterocycles. The fourth-order valence-corrected chi connectivity index (χ4v) is 3.33. The number of aromatic nitrogens is 1. The number of carbonyl (C=O) groups excluding carboxylic acids is 2. The molecule has 2 aromatic rings. The second kappa shape index (κ2) is 7.07. The molecule has 2 heterocycles. The Kier molecular flexibility index (Phi) is 4.88. The number of ether oxygens (including phenoxy) is 1. The Morgan fingerprint density at radius 1 is 1.08 bits per heavy atom. The summed E-state index contributed by atoms with van der Waals surface area (Å²) in [7, 11) is 1.89. The van der Waals surface area contributed by atoms with Crippen molar-refractivity contribution >= 4 is 22.8 Å². The number of hydrogen-bond donors (Lipinski definition) is 0. The van der Waals surface area contributed by atoms with E-state index in [1.54, 1.807) is 13.1 Å². The predicted molar refractivity (Wildman–Crippen MR) is 92.8 cm³/mol. The third kappa shape index (κ3) is 3.30. The van der Waals surface area contributed by atoms with Crippen LogP contribution in [0, 0.1) is 0 Å². The van der Waals surface area contributed by atoms with Gasteiger partial charge in [-0.15, -0.1) is 0 Å². The van der Waals surface area contributed by atoms with Crippen molar-refractivity contribution in [1.82, 2.24) is 9.47 Å². The summed E-state index contributed by atoms with van der Waals surface area (Å²) >= 11 is 0. The van der Waals surface area contributed by atoms with E-state index in [9.17, 15) is 9.59 Å². The van der Waals surface area contributed by atoms with E-state index in [-0.39, 0.29) is 5.91 Å². The van der Waals surface area contributed by atoms with Crippen LogP contribution in [0.3, 0.4) is 0 Å². The molecule has 5 nitrogen and oxygen atoms in total. The summed E-state index contributed by atoms with van der Waals surface area (Å²) in [5, 5.41) is 0.847. The van der Waals surface area contributed by atoms with Crippen LogP contribution in [0.5, 0.6) is 0 Å². The minimum Gasteiger partial charge on any atom is -0.449 e. The maximum absolute atomic E-state index is 12.5. The van der Waals surface area contributed by atoms with Crippen molar-refractivity contribution < 1.29 is 14.3 Å². The van der Waals surface area contributed by atoms with Crippen LogP contribution in [0.1, 0.15) is 43.0 Å². The molecule has 5 heteroatoms. The Bertz CT molecular complexity index is 742. The molecule has 0 unspecified atom stereocenters. The number of carbonyl (C=O) groups is 2. The topological polar surface area (TPSA) is 51.5 Å². The number of amides is 1. The number of aryl methyl sites for hydroxylation is 1. The van der Waals surface area contributed by atoms with Crippen molar-refractivity contribution in [2.45, 2.75) is 38.7 Å². The maximum atomic E-state index is 12.5. The summed E-state index contributed by atoms with van der Waals surface area (Å²) in [5.41, 5.74) is 1.47. The molecular formula is C19H24N2O3. The van der Waals surface area contributed by atoms with Crippen molar-refractivity contribution in [3.63, 3.8) is 0 Å². The van der Waals surface area contributed by atoms with E-state index >= 15 is 0 Å². The monoisotopic (exact) mass is 328 g/mol. The standard InChI is InChI=1S/C19H24N2O3/c1-14(18(22)21-11-7-3-4-8-12-21)24-19(23)16-13-20(2)17-10-6-5-9-15(16)17/h5-6,9-10,13-14H,3-4,7-8,11-12H2,1-2H3/t14-/m1/s1. The zero-order chi connectivity index (χ0) is 17.1. The molecule has 0 N–H and O–H groups in total. The van der Waals surface area contributed by atoms with E-state index in [1.165, 1.54) is 0 Å². The van der Waals surface area contributed by atoms with E-state index in [0.717, 1.165) is 49.7 Å². The van der Waals surface area contributed by atoms with Crippen molar-refractivity contribution in [1.29, 1.82) is 0 Å². The van der Waals surface area contributed by atoms with Gasteiger partial charge in [-0.05, 0) is 25.8 Å². The SMILES string of the molecule is C[C@@H](OC(=O)c1cn(C)c2ccccc12)C(=O)N1CCCCCC1. The molecule has 1 atom stereocenters. The molecule has 1 fully saturated rings. The lowest BCUT2D eigenvalue weighted by Gasteiger charge is -2.23. The van der Waals surface area contributed by atoms with Gasteiger partial charge in [-0.1, -0.05) is 31.0 Å². The maximum Gasteiger partial charge on any atom is 0.341 e. The third-order valence-electron chi connectivity index (χ3n) is 4.67. The smallest absolute Gasteiger partial charge is 0.341 e. The van der Waals surface area contributed by atoms with Crippen molar-refractivity contribution in [3.8, 4) is 0 Å². The van der Waals surface area contributed by atoms with E-state index in [0.29, 0.717) is 5.56 Å². The number of benzene rings is 1. The van der Waals surface area contributed by atoms with Crippen LogP contribution in [0.2, 0.25) is 0 Å². The number of hydrogen-bond acceptors (Lipinski definition) is 3. The Morgan fingerprint density at radius 3 is 2.46 bits per heavy atom. The summed E-state index contributed by atoms with van der Waals surface area (Å²) in [6.07, 6.45) is 5.37. The highest BCUT2D eigenvalue weighted by molar-refractivity contribution is 6.05. The molecule has 0 bridgehead atoms. The normalized spacial score (nSPS) is 16.7. The first kappa shape index (κ1) is 16.6. The molecule has 0 saturated carbocycles. The fraction of sp³-hybridized carbons (Fsp3) is 0.474. The highest BCUT2D eigenvalue weighted by atomic mass is 16.5. The summed E-state index contributed by atoms with van der Waals surface area (Å²) in [6.45, 7) is 3.18. The molecular weight excluding hydrogens is 304 g/mol. The van der Waals surface area contributed by atoms with E-state index in [4.69, 9.17) is 4.74 Å². The molecule has 0 spiro atoms. The van der Waals surface area contributed by atoms with Crippen LogP contribution in [-0.2, 0) is 16.6 Å². The number of nitrogens with zero attached hydrogens (tertiary/aromatic N) is 2. The number of likely N-dealkylation sites (tertiary alicyclic amines) is 1. The molecule has 1 aromatic heterocycles. The Labute approximate surface area is 142 Å². The lowest BCUT2D eigenvalue weighted by atomic mass is 10.2. The van der Waals surface area contributed by atoms with E-state index in [2.05, 4.69) is 0 Å². The van der Waals surface area contributed by atoms with Crippen LogP contribution in [-0.4, -0.2) is 40.5 Å². The molecule has 0 aliphatic carbocycles. The highest BCUT2D eigenvalue weighted by Crippen LogP contribution is 2.22. The molecule has 1 amide bonds.